The highest BCUT2D eigenvalue weighted by Crippen LogP contribution is 2.29. The summed E-state index contributed by atoms with van der Waals surface area (Å²) in [4.78, 5) is 17.3. The van der Waals surface area contributed by atoms with Crippen LogP contribution in [0.15, 0.2) is 48.5 Å². The highest BCUT2D eigenvalue weighted by Gasteiger charge is 2.26. The summed E-state index contributed by atoms with van der Waals surface area (Å²) in [6, 6.07) is 16.6. The molecule has 1 saturated heterocycles. The molecule has 0 saturated carbocycles. The molecule has 28 heavy (non-hydrogen) atoms. The molecule has 0 N–H and O–H groups in total. The molecule has 150 valence electrons. The molecule has 0 aliphatic carbocycles. The van der Waals surface area contributed by atoms with Crippen LogP contribution in [0, 0.1) is 5.92 Å². The first-order valence-electron chi connectivity index (χ1n) is 10.2. The molecule has 0 bridgehead atoms. The van der Waals surface area contributed by atoms with Crippen molar-refractivity contribution in [3.8, 4) is 5.75 Å². The van der Waals surface area contributed by atoms with Gasteiger partial charge in [0.25, 0.3) is 0 Å². The standard InChI is InChI=1S/C24H32N2O2/c1-18(2)17-20-9-11-21(12-10-20)19(3)24(27)26-15-13-25(14-16-26)22-7-5-6-8-23(22)28-4/h5-12,18-19H,13-17H2,1-4H3/t19-/m1/s1. The first-order valence-corrected chi connectivity index (χ1v) is 10.2. The zero-order chi connectivity index (χ0) is 20.1. The summed E-state index contributed by atoms with van der Waals surface area (Å²) in [5, 5.41) is 0. The average molecular weight is 381 g/mol. The van der Waals surface area contributed by atoms with Crippen molar-refractivity contribution < 1.29 is 9.53 Å². The smallest absolute Gasteiger partial charge is 0.229 e. The van der Waals surface area contributed by atoms with E-state index in [0.29, 0.717) is 5.92 Å². The molecule has 1 aliphatic heterocycles. The van der Waals surface area contributed by atoms with Gasteiger partial charge >= 0.3 is 0 Å². The van der Waals surface area contributed by atoms with Crippen molar-refractivity contribution in [1.82, 2.24) is 4.90 Å². The Bertz CT molecular complexity index is 777. The van der Waals surface area contributed by atoms with E-state index < -0.39 is 0 Å². The second-order valence-corrected chi connectivity index (χ2v) is 8.05. The van der Waals surface area contributed by atoms with E-state index in [1.165, 1.54) is 5.56 Å². The molecule has 0 spiro atoms. The number of anilines is 1. The van der Waals surface area contributed by atoms with Gasteiger partial charge in [0, 0.05) is 26.2 Å². The third-order valence-corrected chi connectivity index (χ3v) is 5.51. The monoisotopic (exact) mass is 380 g/mol. The van der Waals surface area contributed by atoms with Gasteiger partial charge in [0.15, 0.2) is 0 Å². The number of amides is 1. The summed E-state index contributed by atoms with van der Waals surface area (Å²) in [7, 11) is 1.70. The number of benzene rings is 2. The van der Waals surface area contributed by atoms with Gasteiger partial charge in [-0.15, -0.1) is 0 Å². The Morgan fingerprint density at radius 1 is 0.964 bits per heavy atom. The molecule has 1 amide bonds. The summed E-state index contributed by atoms with van der Waals surface area (Å²) in [6.45, 7) is 9.61. The van der Waals surface area contributed by atoms with E-state index >= 15 is 0 Å². The third kappa shape index (κ3) is 4.67. The lowest BCUT2D eigenvalue weighted by atomic mass is 9.95. The molecule has 1 atom stereocenters. The van der Waals surface area contributed by atoms with Crippen molar-refractivity contribution in [2.24, 2.45) is 5.92 Å². The molecule has 2 aromatic rings. The Kier molecular flexibility index (Phi) is 6.61. The first kappa shape index (κ1) is 20.2. The summed E-state index contributed by atoms with van der Waals surface area (Å²) >= 11 is 0. The highest BCUT2D eigenvalue weighted by molar-refractivity contribution is 5.83. The maximum Gasteiger partial charge on any atom is 0.229 e. The van der Waals surface area contributed by atoms with Crippen molar-refractivity contribution in [2.45, 2.75) is 33.1 Å². The Balaban J connectivity index is 1.60. The third-order valence-electron chi connectivity index (χ3n) is 5.51. The van der Waals surface area contributed by atoms with Crippen LogP contribution in [0.4, 0.5) is 5.69 Å². The van der Waals surface area contributed by atoms with Crippen molar-refractivity contribution in [1.29, 1.82) is 0 Å². The second-order valence-electron chi connectivity index (χ2n) is 8.05. The number of nitrogens with zero attached hydrogens (tertiary/aromatic N) is 2. The summed E-state index contributed by atoms with van der Waals surface area (Å²) in [5.41, 5.74) is 3.54. The maximum atomic E-state index is 13.0. The van der Waals surface area contributed by atoms with Crippen LogP contribution in [-0.2, 0) is 11.2 Å². The van der Waals surface area contributed by atoms with E-state index in [9.17, 15) is 4.79 Å². The van der Waals surface area contributed by atoms with Crippen LogP contribution in [0.3, 0.4) is 0 Å². The maximum absolute atomic E-state index is 13.0. The fourth-order valence-corrected chi connectivity index (χ4v) is 3.89. The Hall–Kier alpha value is -2.49. The molecule has 1 aliphatic rings. The largest absolute Gasteiger partial charge is 0.495 e. The number of hydrogen-bond acceptors (Lipinski definition) is 3. The van der Waals surface area contributed by atoms with Gasteiger partial charge in [0.1, 0.15) is 5.75 Å². The van der Waals surface area contributed by atoms with E-state index in [4.69, 9.17) is 4.74 Å². The molecule has 0 aromatic heterocycles. The number of hydrogen-bond donors (Lipinski definition) is 0. The Morgan fingerprint density at radius 2 is 1.61 bits per heavy atom. The van der Waals surface area contributed by atoms with Crippen molar-refractivity contribution in [3.05, 3.63) is 59.7 Å². The Morgan fingerprint density at radius 3 is 2.21 bits per heavy atom. The van der Waals surface area contributed by atoms with Crippen LogP contribution < -0.4 is 9.64 Å². The fraction of sp³-hybridized carbons (Fsp3) is 0.458. The summed E-state index contributed by atoms with van der Waals surface area (Å²) < 4.78 is 5.48. The lowest BCUT2D eigenvalue weighted by Gasteiger charge is -2.37. The normalized spacial score (nSPS) is 15.6. The van der Waals surface area contributed by atoms with Crippen LogP contribution in [0.25, 0.3) is 0 Å². The lowest BCUT2D eigenvalue weighted by molar-refractivity contribution is -0.132. The van der Waals surface area contributed by atoms with Gasteiger partial charge in [-0.1, -0.05) is 50.2 Å². The minimum atomic E-state index is -0.106. The molecule has 1 fully saturated rings. The minimum Gasteiger partial charge on any atom is -0.495 e. The summed E-state index contributed by atoms with van der Waals surface area (Å²) in [5.74, 6) is 1.64. The average Bonchev–Trinajstić information content (AvgIpc) is 2.73. The van der Waals surface area contributed by atoms with E-state index in [1.807, 2.05) is 30.0 Å². The quantitative estimate of drug-likeness (QED) is 0.747. The molecular weight excluding hydrogens is 348 g/mol. The van der Waals surface area contributed by atoms with Crippen molar-refractivity contribution >= 4 is 11.6 Å². The van der Waals surface area contributed by atoms with Crippen molar-refractivity contribution in [2.75, 3.05) is 38.2 Å². The molecule has 4 heteroatoms. The Labute approximate surface area is 169 Å². The molecular formula is C24H32N2O2. The van der Waals surface area contributed by atoms with E-state index in [2.05, 4.69) is 49.1 Å². The van der Waals surface area contributed by atoms with Gasteiger partial charge in [-0.05, 0) is 42.5 Å². The predicted octanol–water partition coefficient (Wildman–Crippen LogP) is 4.35. The molecule has 2 aromatic carbocycles. The van der Waals surface area contributed by atoms with E-state index in [1.54, 1.807) is 7.11 Å². The lowest BCUT2D eigenvalue weighted by Crippen LogP contribution is -2.49. The van der Waals surface area contributed by atoms with E-state index in [0.717, 1.165) is 49.6 Å². The highest BCUT2D eigenvalue weighted by atomic mass is 16.5. The minimum absolute atomic E-state index is 0.106. The van der Waals surface area contributed by atoms with Crippen LogP contribution in [0.2, 0.25) is 0 Å². The zero-order valence-electron chi connectivity index (χ0n) is 17.5. The number of piperazine rings is 1. The second kappa shape index (κ2) is 9.13. The number of para-hydroxylation sites is 2. The number of carbonyl (C=O) groups excluding carboxylic acids is 1. The van der Waals surface area contributed by atoms with Gasteiger partial charge in [0.2, 0.25) is 5.91 Å². The predicted molar refractivity (Wildman–Crippen MR) is 115 cm³/mol. The van der Waals surface area contributed by atoms with Gasteiger partial charge in [-0.3, -0.25) is 4.79 Å². The van der Waals surface area contributed by atoms with Gasteiger partial charge in [-0.2, -0.15) is 0 Å². The number of ether oxygens (including phenoxy) is 1. The van der Waals surface area contributed by atoms with E-state index in [-0.39, 0.29) is 11.8 Å². The van der Waals surface area contributed by atoms with Crippen LogP contribution in [0.5, 0.6) is 5.75 Å². The molecule has 1 heterocycles. The molecule has 4 nitrogen and oxygen atoms in total. The van der Waals surface area contributed by atoms with Gasteiger partial charge in [0.05, 0.1) is 18.7 Å². The number of rotatable bonds is 6. The molecule has 0 unspecified atom stereocenters. The summed E-state index contributed by atoms with van der Waals surface area (Å²) in [6.07, 6.45) is 1.08. The number of methoxy groups -OCH3 is 1. The van der Waals surface area contributed by atoms with Crippen LogP contribution >= 0.6 is 0 Å². The molecule has 3 rings (SSSR count). The van der Waals surface area contributed by atoms with Crippen LogP contribution in [-0.4, -0.2) is 44.1 Å². The number of carbonyl (C=O) groups is 1. The topological polar surface area (TPSA) is 32.8 Å². The SMILES string of the molecule is COc1ccccc1N1CCN(C(=O)[C@H](C)c2ccc(CC(C)C)cc2)CC1. The fourth-order valence-electron chi connectivity index (χ4n) is 3.89. The van der Waals surface area contributed by atoms with Crippen molar-refractivity contribution in [3.63, 3.8) is 0 Å². The van der Waals surface area contributed by atoms with Gasteiger partial charge in [-0.25, -0.2) is 0 Å². The molecule has 0 radical (unpaired) electrons. The first-order chi connectivity index (χ1) is 13.5. The zero-order valence-corrected chi connectivity index (χ0v) is 17.5. The van der Waals surface area contributed by atoms with Crippen LogP contribution in [0.1, 0.15) is 37.8 Å². The van der Waals surface area contributed by atoms with Gasteiger partial charge < -0.3 is 14.5 Å².